The summed E-state index contributed by atoms with van der Waals surface area (Å²) >= 11 is 0. The molecule has 0 fully saturated rings. The van der Waals surface area contributed by atoms with Gasteiger partial charge in [-0.3, -0.25) is 9.59 Å². The van der Waals surface area contributed by atoms with E-state index in [0.29, 0.717) is 17.4 Å². The highest BCUT2D eigenvalue weighted by Crippen LogP contribution is 2.13. The monoisotopic (exact) mass is 496 g/mol. The van der Waals surface area contributed by atoms with Crippen molar-refractivity contribution in [2.75, 3.05) is 27.7 Å². The van der Waals surface area contributed by atoms with Gasteiger partial charge in [0, 0.05) is 6.42 Å². The van der Waals surface area contributed by atoms with Crippen molar-refractivity contribution in [1.82, 2.24) is 0 Å². The lowest BCUT2D eigenvalue weighted by atomic mass is 10.0. The molecule has 0 saturated carbocycles. The van der Waals surface area contributed by atoms with Crippen LogP contribution in [0.5, 0.6) is 0 Å². The third-order valence-electron chi connectivity index (χ3n) is 6.34. The summed E-state index contributed by atoms with van der Waals surface area (Å²) in [4.78, 5) is 23.1. The zero-order valence-corrected chi connectivity index (χ0v) is 23.7. The van der Waals surface area contributed by atoms with Crippen molar-refractivity contribution in [3.63, 3.8) is 0 Å². The van der Waals surface area contributed by atoms with E-state index in [1.54, 1.807) is 0 Å². The number of carboxylic acid groups (broad SMARTS) is 1. The molecule has 0 saturated heterocycles. The molecule has 1 N–H and O–H groups in total. The van der Waals surface area contributed by atoms with Crippen molar-refractivity contribution >= 4 is 11.9 Å². The minimum atomic E-state index is -0.927. The Kier molecular flexibility index (Phi) is 22.2. The van der Waals surface area contributed by atoms with Crippen molar-refractivity contribution in [1.29, 1.82) is 0 Å². The lowest BCUT2D eigenvalue weighted by Gasteiger charge is -2.28. The van der Waals surface area contributed by atoms with Gasteiger partial charge in [-0.05, 0) is 32.1 Å². The smallest absolute Gasteiger partial charge is 0.307 e. The minimum Gasteiger partial charge on any atom is -0.481 e. The number of unbranched alkanes of at least 4 members (excludes halogenated alkanes) is 16. The predicted molar refractivity (Wildman–Crippen MR) is 148 cm³/mol. The van der Waals surface area contributed by atoms with Gasteiger partial charge in [-0.15, -0.1) is 0 Å². The van der Waals surface area contributed by atoms with Gasteiger partial charge in [0.2, 0.25) is 0 Å². The standard InChI is InChI=1S/C30H57NO4/c1-5-6-7-8-9-10-11-12-13-14-15-16-17-18-19-20-21-22-23-24-25-30(34)35-28(26-29(32)33)27-31(2,3)4/h17-18,28H,5-16,19-27H2,1-4H3/p+1/b18-17+. The average molecular weight is 497 g/mol. The predicted octanol–water partition coefficient (Wildman–Crippen LogP) is 8.07. The van der Waals surface area contributed by atoms with Crippen LogP contribution >= 0.6 is 0 Å². The average Bonchev–Trinajstić information content (AvgIpc) is 2.76. The second kappa shape index (κ2) is 23.1. The van der Waals surface area contributed by atoms with E-state index in [4.69, 9.17) is 9.84 Å². The molecule has 0 aliphatic heterocycles. The number of nitrogens with zero attached hydrogens (tertiary/aromatic N) is 1. The lowest BCUT2D eigenvalue weighted by molar-refractivity contribution is -0.873. The first kappa shape index (κ1) is 33.6. The van der Waals surface area contributed by atoms with E-state index in [1.165, 1.54) is 89.9 Å². The number of hydrogen-bond donors (Lipinski definition) is 1. The number of esters is 1. The van der Waals surface area contributed by atoms with Gasteiger partial charge in [0.25, 0.3) is 0 Å². The van der Waals surface area contributed by atoms with E-state index >= 15 is 0 Å². The van der Waals surface area contributed by atoms with Crippen molar-refractivity contribution in [2.45, 2.75) is 141 Å². The number of carbonyl (C=O) groups is 2. The molecular weight excluding hydrogens is 438 g/mol. The highest BCUT2D eigenvalue weighted by Gasteiger charge is 2.24. The molecule has 0 aliphatic rings. The highest BCUT2D eigenvalue weighted by atomic mass is 16.5. The molecule has 206 valence electrons. The summed E-state index contributed by atoms with van der Waals surface area (Å²) in [5.74, 6) is -1.20. The molecule has 5 heteroatoms. The van der Waals surface area contributed by atoms with Gasteiger partial charge >= 0.3 is 11.9 Å². The molecule has 0 bridgehead atoms. The molecule has 1 atom stereocenters. The van der Waals surface area contributed by atoms with E-state index in [9.17, 15) is 9.59 Å². The molecule has 0 heterocycles. The molecule has 1 unspecified atom stereocenters. The first-order chi connectivity index (χ1) is 16.7. The van der Waals surface area contributed by atoms with Gasteiger partial charge in [0.05, 0.1) is 27.6 Å². The Morgan fingerprint density at radius 3 is 1.57 bits per heavy atom. The molecule has 0 radical (unpaired) electrons. The van der Waals surface area contributed by atoms with Crippen LogP contribution in [0.15, 0.2) is 12.2 Å². The van der Waals surface area contributed by atoms with Gasteiger partial charge in [0.1, 0.15) is 6.54 Å². The van der Waals surface area contributed by atoms with Crippen LogP contribution in [0.25, 0.3) is 0 Å². The van der Waals surface area contributed by atoms with Crippen LogP contribution in [-0.2, 0) is 14.3 Å². The highest BCUT2D eigenvalue weighted by molar-refractivity contribution is 5.71. The molecule has 0 spiro atoms. The molecule has 0 aromatic carbocycles. The number of likely N-dealkylation sites (N-methyl/N-ethyl adjacent to an activating group) is 1. The maximum absolute atomic E-state index is 12.1. The maximum atomic E-state index is 12.1. The Labute approximate surface area is 217 Å². The van der Waals surface area contributed by atoms with Crippen LogP contribution in [-0.4, -0.2) is 55.3 Å². The van der Waals surface area contributed by atoms with E-state index in [0.717, 1.165) is 25.7 Å². The number of aliphatic carboxylic acids is 1. The number of ether oxygens (including phenoxy) is 1. The van der Waals surface area contributed by atoms with Crippen LogP contribution < -0.4 is 0 Å². The fourth-order valence-corrected chi connectivity index (χ4v) is 4.42. The Bertz CT molecular complexity index is 539. The van der Waals surface area contributed by atoms with Gasteiger partial charge in [0.15, 0.2) is 6.10 Å². The van der Waals surface area contributed by atoms with E-state index in [1.807, 2.05) is 21.1 Å². The van der Waals surface area contributed by atoms with Crippen LogP contribution in [0, 0.1) is 0 Å². The van der Waals surface area contributed by atoms with Gasteiger partial charge in [-0.25, -0.2) is 0 Å². The van der Waals surface area contributed by atoms with Crippen molar-refractivity contribution < 1.29 is 23.9 Å². The fraction of sp³-hybridized carbons (Fsp3) is 0.867. The largest absolute Gasteiger partial charge is 0.481 e. The van der Waals surface area contributed by atoms with Gasteiger partial charge < -0.3 is 14.3 Å². The molecule has 35 heavy (non-hydrogen) atoms. The Hall–Kier alpha value is -1.36. The van der Waals surface area contributed by atoms with Crippen molar-refractivity contribution in [3.05, 3.63) is 12.2 Å². The fourth-order valence-electron chi connectivity index (χ4n) is 4.42. The summed E-state index contributed by atoms with van der Waals surface area (Å²) in [6.07, 6.45) is 27.5. The van der Waals surface area contributed by atoms with E-state index in [-0.39, 0.29) is 12.4 Å². The van der Waals surface area contributed by atoms with Crippen LogP contribution in [0.3, 0.4) is 0 Å². The zero-order chi connectivity index (χ0) is 26.2. The topological polar surface area (TPSA) is 63.6 Å². The van der Waals surface area contributed by atoms with E-state index in [2.05, 4.69) is 19.1 Å². The summed E-state index contributed by atoms with van der Waals surface area (Å²) in [7, 11) is 5.91. The van der Waals surface area contributed by atoms with Crippen molar-refractivity contribution in [3.8, 4) is 0 Å². The Morgan fingerprint density at radius 2 is 1.14 bits per heavy atom. The number of allylic oxidation sites excluding steroid dienone is 2. The third kappa shape index (κ3) is 27.1. The Morgan fingerprint density at radius 1 is 0.714 bits per heavy atom. The Balaban J connectivity index is 3.52. The minimum absolute atomic E-state index is 0.131. The SMILES string of the molecule is CCCCCCCCCCCCC/C=C/CCCCCCCC(=O)OC(CC(=O)O)C[N+](C)(C)C. The number of quaternary nitrogens is 1. The summed E-state index contributed by atoms with van der Waals surface area (Å²) in [5, 5.41) is 9.04. The molecule has 0 amide bonds. The van der Waals surface area contributed by atoms with Crippen LogP contribution in [0.4, 0.5) is 0 Å². The third-order valence-corrected chi connectivity index (χ3v) is 6.34. The summed E-state index contributed by atoms with van der Waals surface area (Å²) < 4.78 is 6.00. The zero-order valence-electron chi connectivity index (χ0n) is 23.7. The lowest BCUT2D eigenvalue weighted by Crippen LogP contribution is -2.43. The second-order valence-electron chi connectivity index (χ2n) is 11.3. The number of carbonyl (C=O) groups excluding carboxylic acids is 1. The van der Waals surface area contributed by atoms with Gasteiger partial charge in [-0.1, -0.05) is 103 Å². The number of hydrogen-bond acceptors (Lipinski definition) is 3. The molecular formula is C30H58NO4+. The molecule has 5 nitrogen and oxygen atoms in total. The quantitative estimate of drug-likeness (QED) is 0.0600. The van der Waals surface area contributed by atoms with Gasteiger partial charge in [-0.2, -0.15) is 0 Å². The number of carboxylic acids is 1. The molecule has 0 aliphatic carbocycles. The molecule has 0 aromatic rings. The first-order valence-corrected chi connectivity index (χ1v) is 14.6. The molecule has 0 aromatic heterocycles. The normalized spacial score (nSPS) is 12.8. The summed E-state index contributed by atoms with van der Waals surface area (Å²) in [6.45, 7) is 2.78. The first-order valence-electron chi connectivity index (χ1n) is 14.6. The summed E-state index contributed by atoms with van der Waals surface area (Å²) in [5.41, 5.74) is 0. The van der Waals surface area contributed by atoms with Crippen molar-refractivity contribution in [2.24, 2.45) is 0 Å². The van der Waals surface area contributed by atoms with Crippen LogP contribution in [0.2, 0.25) is 0 Å². The van der Waals surface area contributed by atoms with Crippen LogP contribution in [0.1, 0.15) is 135 Å². The molecule has 0 rings (SSSR count). The maximum Gasteiger partial charge on any atom is 0.307 e. The number of rotatable bonds is 25. The second-order valence-corrected chi connectivity index (χ2v) is 11.3. The summed E-state index contributed by atoms with van der Waals surface area (Å²) in [6, 6.07) is 0. The van der Waals surface area contributed by atoms with E-state index < -0.39 is 12.1 Å².